The summed E-state index contributed by atoms with van der Waals surface area (Å²) in [6.45, 7) is 8.77. The highest BCUT2D eigenvalue weighted by molar-refractivity contribution is 5.92. The standard InChI is InChI=1S/C18H26N4O/c1-6-16(7-2)22-14(4)10-17(20-22)18(23)21(5)12-15-9-8-13(3)11-19-15/h8-11,16H,6-7,12H2,1-5H3. The van der Waals surface area contributed by atoms with Crippen LogP contribution in [0.15, 0.2) is 24.4 Å². The normalized spacial score (nSPS) is 11.0. The highest BCUT2D eigenvalue weighted by Gasteiger charge is 2.19. The van der Waals surface area contributed by atoms with E-state index in [9.17, 15) is 4.79 Å². The van der Waals surface area contributed by atoms with Gasteiger partial charge in [0.25, 0.3) is 5.91 Å². The topological polar surface area (TPSA) is 51.0 Å². The Balaban J connectivity index is 2.13. The molecule has 0 aliphatic heterocycles. The summed E-state index contributed by atoms with van der Waals surface area (Å²) in [5, 5.41) is 4.53. The fourth-order valence-corrected chi connectivity index (χ4v) is 2.70. The highest BCUT2D eigenvalue weighted by atomic mass is 16.2. The van der Waals surface area contributed by atoms with E-state index in [4.69, 9.17) is 0 Å². The van der Waals surface area contributed by atoms with Gasteiger partial charge in [-0.25, -0.2) is 0 Å². The fourth-order valence-electron chi connectivity index (χ4n) is 2.70. The van der Waals surface area contributed by atoms with E-state index < -0.39 is 0 Å². The van der Waals surface area contributed by atoms with E-state index in [1.54, 1.807) is 11.9 Å². The number of rotatable bonds is 6. The Hall–Kier alpha value is -2.17. The maximum absolute atomic E-state index is 12.6. The van der Waals surface area contributed by atoms with Crippen molar-refractivity contribution in [2.24, 2.45) is 0 Å². The lowest BCUT2D eigenvalue weighted by Crippen LogP contribution is -2.27. The lowest BCUT2D eigenvalue weighted by Gasteiger charge is -2.16. The number of pyridine rings is 1. The van der Waals surface area contributed by atoms with Gasteiger partial charge in [0.1, 0.15) is 0 Å². The number of nitrogens with zero attached hydrogens (tertiary/aromatic N) is 4. The molecule has 0 atom stereocenters. The molecule has 0 saturated carbocycles. The molecule has 0 bridgehead atoms. The molecule has 0 radical (unpaired) electrons. The number of carbonyl (C=O) groups is 1. The van der Waals surface area contributed by atoms with Gasteiger partial charge in [-0.3, -0.25) is 14.5 Å². The predicted molar refractivity (Wildman–Crippen MR) is 91.4 cm³/mol. The van der Waals surface area contributed by atoms with Crippen molar-refractivity contribution in [2.45, 2.75) is 53.1 Å². The first-order chi connectivity index (χ1) is 11.0. The van der Waals surface area contributed by atoms with Gasteiger partial charge < -0.3 is 4.90 Å². The average Bonchev–Trinajstić information content (AvgIpc) is 2.92. The van der Waals surface area contributed by atoms with Crippen LogP contribution in [0.1, 0.15) is 60.2 Å². The van der Waals surface area contributed by atoms with Crippen molar-refractivity contribution in [1.29, 1.82) is 0 Å². The van der Waals surface area contributed by atoms with Crippen LogP contribution in [-0.2, 0) is 6.54 Å². The molecular weight excluding hydrogens is 288 g/mol. The van der Waals surface area contributed by atoms with Gasteiger partial charge in [0.15, 0.2) is 5.69 Å². The minimum absolute atomic E-state index is 0.0693. The average molecular weight is 314 g/mol. The van der Waals surface area contributed by atoms with Crippen LogP contribution in [0, 0.1) is 13.8 Å². The zero-order valence-corrected chi connectivity index (χ0v) is 14.7. The summed E-state index contributed by atoms with van der Waals surface area (Å²) in [6, 6.07) is 6.18. The van der Waals surface area contributed by atoms with E-state index >= 15 is 0 Å². The first kappa shape index (κ1) is 17.2. The van der Waals surface area contributed by atoms with Crippen LogP contribution in [0.3, 0.4) is 0 Å². The zero-order valence-electron chi connectivity index (χ0n) is 14.7. The molecule has 0 spiro atoms. The molecule has 0 unspecified atom stereocenters. The molecule has 5 nitrogen and oxygen atoms in total. The molecular formula is C18H26N4O. The highest BCUT2D eigenvalue weighted by Crippen LogP contribution is 2.18. The van der Waals surface area contributed by atoms with E-state index in [1.165, 1.54) is 0 Å². The van der Waals surface area contributed by atoms with Gasteiger partial charge in [-0.15, -0.1) is 0 Å². The van der Waals surface area contributed by atoms with Gasteiger partial charge in [-0.1, -0.05) is 19.9 Å². The van der Waals surface area contributed by atoms with Crippen LogP contribution in [0.4, 0.5) is 0 Å². The van der Waals surface area contributed by atoms with E-state index in [0.717, 1.165) is 29.8 Å². The maximum atomic E-state index is 12.6. The molecule has 0 aliphatic rings. The molecule has 0 saturated heterocycles. The van der Waals surface area contributed by atoms with Gasteiger partial charge in [-0.05, 0) is 44.4 Å². The third-order valence-corrected chi connectivity index (χ3v) is 4.15. The van der Waals surface area contributed by atoms with Crippen molar-refractivity contribution in [3.8, 4) is 0 Å². The summed E-state index contributed by atoms with van der Waals surface area (Å²) in [4.78, 5) is 18.6. The third kappa shape index (κ3) is 3.97. The number of hydrogen-bond donors (Lipinski definition) is 0. The smallest absolute Gasteiger partial charge is 0.274 e. The summed E-state index contributed by atoms with van der Waals surface area (Å²) < 4.78 is 1.98. The van der Waals surface area contributed by atoms with Crippen molar-refractivity contribution in [2.75, 3.05) is 7.05 Å². The van der Waals surface area contributed by atoms with Gasteiger partial charge in [-0.2, -0.15) is 5.10 Å². The van der Waals surface area contributed by atoms with Gasteiger partial charge >= 0.3 is 0 Å². The number of hydrogen-bond acceptors (Lipinski definition) is 3. The second kappa shape index (κ2) is 7.40. The van der Waals surface area contributed by atoms with Crippen molar-refractivity contribution in [3.63, 3.8) is 0 Å². The molecule has 0 fully saturated rings. The molecule has 0 aliphatic carbocycles. The fraction of sp³-hybridized carbons (Fsp3) is 0.500. The van der Waals surface area contributed by atoms with Crippen LogP contribution < -0.4 is 0 Å². The lowest BCUT2D eigenvalue weighted by atomic mass is 10.2. The minimum Gasteiger partial charge on any atom is -0.334 e. The summed E-state index contributed by atoms with van der Waals surface area (Å²) in [5.74, 6) is -0.0693. The predicted octanol–water partition coefficient (Wildman–Crippen LogP) is 3.53. The monoisotopic (exact) mass is 314 g/mol. The van der Waals surface area contributed by atoms with Gasteiger partial charge in [0.2, 0.25) is 0 Å². The van der Waals surface area contributed by atoms with Gasteiger partial charge in [0.05, 0.1) is 18.3 Å². The first-order valence-corrected chi connectivity index (χ1v) is 8.19. The molecule has 0 N–H and O–H groups in total. The quantitative estimate of drug-likeness (QED) is 0.819. The Morgan fingerprint density at radius 2 is 1.96 bits per heavy atom. The Morgan fingerprint density at radius 3 is 2.52 bits per heavy atom. The van der Waals surface area contributed by atoms with Crippen molar-refractivity contribution in [3.05, 3.63) is 47.0 Å². The van der Waals surface area contributed by atoms with Crippen LogP contribution in [0.5, 0.6) is 0 Å². The van der Waals surface area contributed by atoms with Crippen LogP contribution >= 0.6 is 0 Å². The van der Waals surface area contributed by atoms with Crippen LogP contribution in [-0.4, -0.2) is 32.6 Å². The number of amides is 1. The molecule has 2 rings (SSSR count). The van der Waals surface area contributed by atoms with Crippen molar-refractivity contribution >= 4 is 5.91 Å². The molecule has 23 heavy (non-hydrogen) atoms. The van der Waals surface area contributed by atoms with Crippen LogP contribution in [0.2, 0.25) is 0 Å². The van der Waals surface area contributed by atoms with Gasteiger partial charge in [0, 0.05) is 18.9 Å². The SMILES string of the molecule is CCC(CC)n1nc(C(=O)N(C)Cc2ccc(C)cn2)cc1C. The number of carbonyl (C=O) groups excluding carboxylic acids is 1. The zero-order chi connectivity index (χ0) is 17.0. The minimum atomic E-state index is -0.0693. The van der Waals surface area contributed by atoms with Crippen molar-refractivity contribution < 1.29 is 4.79 Å². The Kier molecular flexibility index (Phi) is 5.53. The molecule has 2 heterocycles. The lowest BCUT2D eigenvalue weighted by molar-refractivity contribution is 0.0776. The van der Waals surface area contributed by atoms with E-state index in [0.29, 0.717) is 18.3 Å². The molecule has 124 valence electrons. The Labute approximate surface area is 138 Å². The van der Waals surface area contributed by atoms with E-state index in [1.807, 2.05) is 42.9 Å². The first-order valence-electron chi connectivity index (χ1n) is 8.19. The molecule has 2 aromatic heterocycles. The molecule has 5 heteroatoms. The second-order valence-corrected chi connectivity index (χ2v) is 6.07. The molecule has 1 amide bonds. The summed E-state index contributed by atoms with van der Waals surface area (Å²) in [7, 11) is 1.79. The summed E-state index contributed by atoms with van der Waals surface area (Å²) in [5.41, 5.74) is 3.53. The second-order valence-electron chi connectivity index (χ2n) is 6.07. The molecule has 2 aromatic rings. The summed E-state index contributed by atoms with van der Waals surface area (Å²) >= 11 is 0. The third-order valence-electron chi connectivity index (χ3n) is 4.15. The largest absolute Gasteiger partial charge is 0.334 e. The van der Waals surface area contributed by atoms with Crippen LogP contribution in [0.25, 0.3) is 0 Å². The van der Waals surface area contributed by atoms with E-state index in [-0.39, 0.29) is 5.91 Å². The number of aryl methyl sites for hydroxylation is 2. The Bertz CT molecular complexity index is 656. The van der Waals surface area contributed by atoms with E-state index in [2.05, 4.69) is 23.9 Å². The maximum Gasteiger partial charge on any atom is 0.274 e. The summed E-state index contributed by atoms with van der Waals surface area (Å²) in [6.07, 6.45) is 3.84. The molecule has 0 aromatic carbocycles. The Morgan fingerprint density at radius 1 is 1.26 bits per heavy atom. The number of aromatic nitrogens is 3. The van der Waals surface area contributed by atoms with Crippen molar-refractivity contribution in [1.82, 2.24) is 19.7 Å².